The molecular weight excluding hydrogens is 1100 g/mol. The molecule has 0 saturated carbocycles. The van der Waals surface area contributed by atoms with Crippen LogP contribution in [-0.2, 0) is 36.5 Å². The summed E-state index contributed by atoms with van der Waals surface area (Å²) >= 11 is 7.19. The van der Waals surface area contributed by atoms with E-state index in [9.17, 15) is 9.59 Å². The fourth-order valence-corrected chi connectivity index (χ4v) is 18.9. The number of fused-ring (bicyclic) bond motifs is 9. The third kappa shape index (κ3) is 10.8. The lowest BCUT2D eigenvalue weighted by Gasteiger charge is -2.35. The fourth-order valence-electron chi connectivity index (χ4n) is 14.1. The van der Waals surface area contributed by atoms with Crippen molar-refractivity contribution in [1.29, 1.82) is 0 Å². The minimum Gasteiger partial charge on any atom is -0.297 e. The van der Waals surface area contributed by atoms with Gasteiger partial charge in [0, 0.05) is 30.6 Å². The highest BCUT2D eigenvalue weighted by Gasteiger charge is 2.54. The molecule has 2 aliphatic carbocycles. The second-order valence-corrected chi connectivity index (χ2v) is 28.2. The van der Waals surface area contributed by atoms with Crippen molar-refractivity contribution >= 4 is 67.3 Å². The average molecular weight is 1180 g/mol. The van der Waals surface area contributed by atoms with Crippen LogP contribution in [0.4, 0.5) is 0 Å². The Labute approximate surface area is 516 Å². The molecule has 10 aromatic rings. The molecule has 0 N–H and O–H groups in total. The first-order chi connectivity index (χ1) is 41.4. The second-order valence-electron chi connectivity index (χ2n) is 24.0. The molecule has 6 aromatic carbocycles. The van der Waals surface area contributed by atoms with Crippen LogP contribution in [0.3, 0.4) is 0 Å². The molecule has 2 aliphatic rings. The van der Waals surface area contributed by atoms with Crippen molar-refractivity contribution in [1.82, 2.24) is 0 Å². The van der Waals surface area contributed by atoms with E-state index in [0.717, 1.165) is 68.9 Å². The van der Waals surface area contributed by atoms with Gasteiger partial charge in [-0.3, -0.25) is 9.59 Å². The number of hydrogen-bond donors (Lipinski definition) is 0. The number of thiophene rings is 4. The summed E-state index contributed by atoms with van der Waals surface area (Å²) in [5, 5.41) is 0. The Morgan fingerprint density at radius 1 is 0.333 bits per heavy atom. The van der Waals surface area contributed by atoms with E-state index < -0.39 is 10.8 Å². The van der Waals surface area contributed by atoms with E-state index in [1.165, 1.54) is 200 Å². The summed E-state index contributed by atoms with van der Waals surface area (Å²) in [6.07, 6.45) is 26.1. The Morgan fingerprint density at radius 3 is 0.917 bits per heavy atom. The number of unbranched alkanes of at least 4 members (excludes halogenated alkanes) is 12. The highest BCUT2D eigenvalue weighted by atomic mass is 32.1. The summed E-state index contributed by atoms with van der Waals surface area (Å²) in [6, 6.07) is 62.0. The Kier molecular flexibility index (Phi) is 18.1. The zero-order valence-corrected chi connectivity index (χ0v) is 53.0. The van der Waals surface area contributed by atoms with Gasteiger partial charge in [-0.25, -0.2) is 0 Å². The minimum atomic E-state index is -0.645. The molecule has 0 aliphatic heterocycles. The van der Waals surface area contributed by atoms with Crippen molar-refractivity contribution in [3.63, 3.8) is 0 Å². The summed E-state index contributed by atoms with van der Waals surface area (Å²) in [5.41, 5.74) is 19.8. The van der Waals surface area contributed by atoms with E-state index in [4.69, 9.17) is 0 Å². The maximum atomic E-state index is 12.2. The molecule has 0 amide bonds. The topological polar surface area (TPSA) is 34.1 Å². The number of carbonyl (C=O) groups excluding carboxylic acids is 2. The van der Waals surface area contributed by atoms with Crippen LogP contribution < -0.4 is 0 Å². The first-order valence-electron chi connectivity index (χ1n) is 31.8. The van der Waals surface area contributed by atoms with Crippen LogP contribution in [0.15, 0.2) is 158 Å². The van der Waals surface area contributed by atoms with Gasteiger partial charge in [0.2, 0.25) is 0 Å². The molecule has 0 radical (unpaired) electrons. The highest BCUT2D eigenvalue weighted by molar-refractivity contribution is 7.32. The van der Waals surface area contributed by atoms with Gasteiger partial charge >= 0.3 is 0 Å². The average Bonchev–Trinajstić information content (AvgIpc) is 1.52. The summed E-state index contributed by atoms with van der Waals surface area (Å²) < 4.78 is 2.75. The molecule has 0 unspecified atom stereocenters. The molecule has 428 valence electrons. The SMILES string of the molecule is CCCCCCc1ccc(C2(c3ccc(CCCCCC)cc3)c3cc(-c4ccc(C=O)s4)ccc3-c3sc4c5c(sc4c32)-c2ccc(-c3ccc(C=O)s3)cc2C5(c2ccc(CCCCCC)cc2)c2ccc(CCCCCC)cc2)cc1. The van der Waals surface area contributed by atoms with Gasteiger partial charge in [0.25, 0.3) is 0 Å². The second kappa shape index (κ2) is 26.1. The van der Waals surface area contributed by atoms with Gasteiger partial charge in [-0.05, 0) is 166 Å². The maximum Gasteiger partial charge on any atom is 0.160 e. The predicted octanol–water partition coefficient (Wildman–Crippen LogP) is 23.3. The third-order valence-electron chi connectivity index (χ3n) is 18.5. The van der Waals surface area contributed by atoms with Crippen molar-refractivity contribution < 1.29 is 9.59 Å². The fraction of sp³-hybridized carbons (Fsp3) is 0.333. The molecule has 2 nitrogen and oxygen atoms in total. The number of rotatable bonds is 28. The molecule has 0 spiro atoms. The normalized spacial score (nSPS) is 13.5. The first kappa shape index (κ1) is 58.1. The molecule has 0 fully saturated rings. The Bertz CT molecular complexity index is 3510. The Morgan fingerprint density at radius 2 is 0.643 bits per heavy atom. The number of benzene rings is 6. The Hall–Kier alpha value is -6.28. The van der Waals surface area contributed by atoms with E-state index in [0.29, 0.717) is 0 Å². The number of aryl methyl sites for hydroxylation is 4. The summed E-state index contributed by atoms with van der Waals surface area (Å²) in [5.74, 6) is 0. The first-order valence-corrected chi connectivity index (χ1v) is 35.0. The highest BCUT2D eigenvalue weighted by Crippen LogP contribution is 2.68. The van der Waals surface area contributed by atoms with Gasteiger partial charge in [-0.2, -0.15) is 0 Å². The summed E-state index contributed by atoms with van der Waals surface area (Å²) in [7, 11) is 0. The number of aldehydes is 2. The van der Waals surface area contributed by atoms with E-state index >= 15 is 0 Å². The zero-order chi connectivity index (χ0) is 57.6. The van der Waals surface area contributed by atoms with Gasteiger partial charge < -0.3 is 0 Å². The lowest BCUT2D eigenvalue weighted by atomic mass is 9.66. The Balaban J connectivity index is 1.13. The largest absolute Gasteiger partial charge is 0.297 e. The van der Waals surface area contributed by atoms with Crippen molar-refractivity contribution in [3.8, 4) is 41.8 Å². The van der Waals surface area contributed by atoms with Crippen LogP contribution in [0.5, 0.6) is 0 Å². The molecule has 6 heteroatoms. The zero-order valence-electron chi connectivity index (χ0n) is 49.8. The predicted molar refractivity (Wildman–Crippen MR) is 363 cm³/mol. The van der Waals surface area contributed by atoms with Crippen molar-refractivity contribution in [3.05, 3.63) is 234 Å². The van der Waals surface area contributed by atoms with Crippen LogP contribution in [-0.4, -0.2) is 12.6 Å². The smallest absolute Gasteiger partial charge is 0.160 e. The van der Waals surface area contributed by atoms with E-state index in [1.54, 1.807) is 22.7 Å². The van der Waals surface area contributed by atoms with Crippen LogP contribution in [0.25, 0.3) is 51.2 Å². The van der Waals surface area contributed by atoms with Crippen molar-refractivity contribution in [2.75, 3.05) is 0 Å². The molecule has 12 rings (SSSR count). The van der Waals surface area contributed by atoms with Gasteiger partial charge in [-0.15, -0.1) is 45.3 Å². The minimum absolute atomic E-state index is 0.645. The van der Waals surface area contributed by atoms with Crippen LogP contribution in [0.1, 0.15) is 217 Å². The molecule has 0 atom stereocenters. The molecule has 4 aromatic heterocycles. The van der Waals surface area contributed by atoms with E-state index in [1.807, 2.05) is 34.8 Å². The third-order valence-corrected chi connectivity index (χ3v) is 23.2. The summed E-state index contributed by atoms with van der Waals surface area (Å²) in [6.45, 7) is 9.18. The van der Waals surface area contributed by atoms with Crippen molar-refractivity contribution in [2.24, 2.45) is 0 Å². The monoisotopic (exact) mass is 1180 g/mol. The standard InChI is InChI=1S/C78H80O2S4/c1-5-9-13-17-21-53-25-35-59(36-26-53)77(60-37-27-54(28-38-60)22-18-14-10-6-2)67-49-57(69-47-43-63(51-79)81-69)33-45-65(67)73-71(77)75-76(83-73)72-74(84-75)66-46-34-58(70-48-44-64(52-80)82-70)50-68(66)78(72,61-39-29-55(30-40-61)23-19-15-11-7-3)62-41-31-56(32-42-62)24-20-16-12-8-4/h25-52H,5-24H2,1-4H3. The maximum absolute atomic E-state index is 12.2. The summed E-state index contributed by atoms with van der Waals surface area (Å²) in [4.78, 5) is 30.8. The van der Waals surface area contributed by atoms with E-state index in [2.05, 4.69) is 173 Å². The lowest BCUT2D eigenvalue weighted by molar-refractivity contribution is 0.111. The molecule has 0 saturated heterocycles. The number of hydrogen-bond acceptors (Lipinski definition) is 6. The van der Waals surface area contributed by atoms with Gasteiger partial charge in [-0.1, -0.05) is 226 Å². The van der Waals surface area contributed by atoms with Crippen LogP contribution in [0, 0.1) is 0 Å². The van der Waals surface area contributed by atoms with Gasteiger partial charge in [0.05, 0.1) is 30.0 Å². The van der Waals surface area contributed by atoms with Crippen LogP contribution >= 0.6 is 45.3 Å². The molecule has 0 bridgehead atoms. The molecule has 4 heterocycles. The van der Waals surface area contributed by atoms with Gasteiger partial charge in [0.15, 0.2) is 12.6 Å². The quantitative estimate of drug-likeness (QED) is 0.0362. The molecular formula is C78H80O2S4. The van der Waals surface area contributed by atoms with Gasteiger partial charge in [0.1, 0.15) is 0 Å². The van der Waals surface area contributed by atoms with Crippen LogP contribution in [0.2, 0.25) is 0 Å². The van der Waals surface area contributed by atoms with Crippen molar-refractivity contribution in [2.45, 2.75) is 167 Å². The van der Waals surface area contributed by atoms with E-state index in [-0.39, 0.29) is 0 Å². The lowest BCUT2D eigenvalue weighted by Crippen LogP contribution is -2.29. The molecule has 84 heavy (non-hydrogen) atoms. The number of carbonyl (C=O) groups is 2.